The highest BCUT2D eigenvalue weighted by molar-refractivity contribution is 5.94. The number of nitrogens with zero attached hydrogens (tertiary/aromatic N) is 1. The van der Waals surface area contributed by atoms with Gasteiger partial charge in [0.15, 0.2) is 0 Å². The van der Waals surface area contributed by atoms with E-state index >= 15 is 0 Å². The smallest absolute Gasteiger partial charge is 0.376 e. The second kappa shape index (κ2) is 13.0. The maximum Gasteiger partial charge on any atom is 0.417 e. The molecule has 39 heavy (non-hydrogen) atoms. The zero-order chi connectivity index (χ0) is 28.6. The molecule has 3 rings (SSSR count). The molecule has 210 valence electrons. The fourth-order valence-electron chi connectivity index (χ4n) is 4.21. The maximum atomic E-state index is 13.3. The van der Waals surface area contributed by atoms with Gasteiger partial charge < -0.3 is 15.0 Å². The average Bonchev–Trinajstić information content (AvgIpc) is 2.91. The summed E-state index contributed by atoms with van der Waals surface area (Å²) in [4.78, 5) is 14.9. The molecule has 0 aliphatic heterocycles. The Morgan fingerprint density at radius 1 is 0.846 bits per heavy atom. The number of nitrogens with one attached hydrogen (secondary N) is 1. The van der Waals surface area contributed by atoms with Crippen LogP contribution in [0.5, 0.6) is 0 Å². The molecule has 10 heteroatoms. The monoisotopic (exact) mass is 552 g/mol. The standard InChI is InChI=1S/C29H30F6N2O2/c1-3-37(4-2)24-13-11-22(12-14-24)27(38)36-17-23(21-8-6-5-7-9-21)19-39-18-20-10-15-25(28(30,31)32)26(16-20)29(33,34)35/h5-16,23H,3-4,17-19H2,1-2H3,(H,36,38). The lowest BCUT2D eigenvalue weighted by atomic mass is 9.99. The van der Waals surface area contributed by atoms with Crippen LogP contribution in [0.4, 0.5) is 32.0 Å². The van der Waals surface area contributed by atoms with Crippen molar-refractivity contribution in [2.24, 2.45) is 0 Å². The van der Waals surface area contributed by atoms with Crippen LogP contribution in [-0.4, -0.2) is 32.1 Å². The van der Waals surface area contributed by atoms with E-state index in [1.165, 1.54) is 0 Å². The van der Waals surface area contributed by atoms with Crippen LogP contribution < -0.4 is 10.2 Å². The molecule has 0 radical (unpaired) electrons. The summed E-state index contributed by atoms with van der Waals surface area (Å²) in [5.41, 5.74) is -1.23. The molecule has 0 fully saturated rings. The van der Waals surface area contributed by atoms with E-state index in [0.29, 0.717) is 17.7 Å². The molecule has 0 aliphatic carbocycles. The SMILES string of the molecule is CCN(CC)c1ccc(C(=O)NCC(COCc2ccc(C(F)(F)F)c(C(F)(F)F)c2)c2ccccc2)cc1. The maximum absolute atomic E-state index is 13.3. The number of hydrogen-bond acceptors (Lipinski definition) is 3. The van der Waals surface area contributed by atoms with Gasteiger partial charge in [-0.05, 0) is 61.4 Å². The number of hydrogen-bond donors (Lipinski definition) is 1. The molecule has 3 aromatic rings. The summed E-state index contributed by atoms with van der Waals surface area (Å²) in [5.74, 6) is -0.638. The summed E-state index contributed by atoms with van der Waals surface area (Å²) in [6, 6.07) is 18.2. The Balaban J connectivity index is 1.67. The Labute approximate surface area is 223 Å². The third kappa shape index (κ3) is 8.23. The minimum absolute atomic E-state index is 0.0214. The number of carbonyl (C=O) groups excluding carboxylic acids is 1. The average molecular weight is 553 g/mol. The summed E-state index contributed by atoms with van der Waals surface area (Å²) >= 11 is 0. The topological polar surface area (TPSA) is 41.6 Å². The van der Waals surface area contributed by atoms with Gasteiger partial charge in [0.05, 0.1) is 24.3 Å². The number of ether oxygens (including phenoxy) is 1. The van der Waals surface area contributed by atoms with Crippen LogP contribution in [-0.2, 0) is 23.7 Å². The molecule has 1 atom stereocenters. The molecule has 1 unspecified atom stereocenters. The Hall–Kier alpha value is -3.53. The molecular weight excluding hydrogens is 522 g/mol. The van der Waals surface area contributed by atoms with Gasteiger partial charge in [0, 0.05) is 36.8 Å². The van der Waals surface area contributed by atoms with Crippen molar-refractivity contribution in [3.05, 3.63) is 101 Å². The van der Waals surface area contributed by atoms with E-state index in [-0.39, 0.29) is 37.1 Å². The van der Waals surface area contributed by atoms with Crippen LogP contribution in [0.1, 0.15) is 52.4 Å². The minimum atomic E-state index is -5.17. The van der Waals surface area contributed by atoms with E-state index in [9.17, 15) is 31.1 Å². The number of rotatable bonds is 11. The largest absolute Gasteiger partial charge is 0.417 e. The van der Waals surface area contributed by atoms with Crippen LogP contribution in [0.25, 0.3) is 0 Å². The zero-order valence-electron chi connectivity index (χ0n) is 21.6. The van der Waals surface area contributed by atoms with Crippen molar-refractivity contribution in [2.45, 2.75) is 38.7 Å². The number of alkyl halides is 6. The number of benzene rings is 3. The van der Waals surface area contributed by atoms with Crippen molar-refractivity contribution in [3.63, 3.8) is 0 Å². The van der Waals surface area contributed by atoms with Crippen molar-refractivity contribution in [2.75, 3.05) is 31.1 Å². The first-order valence-corrected chi connectivity index (χ1v) is 12.5. The third-order valence-corrected chi connectivity index (χ3v) is 6.32. The quantitative estimate of drug-likeness (QED) is 0.254. The molecule has 3 aromatic carbocycles. The molecule has 0 saturated carbocycles. The summed E-state index contributed by atoms with van der Waals surface area (Å²) < 4.78 is 84.6. The predicted octanol–water partition coefficient (Wildman–Crippen LogP) is 7.30. The predicted molar refractivity (Wildman–Crippen MR) is 138 cm³/mol. The highest BCUT2D eigenvalue weighted by atomic mass is 19.4. The van der Waals surface area contributed by atoms with E-state index in [2.05, 4.69) is 10.2 Å². The molecule has 4 nitrogen and oxygen atoms in total. The molecule has 1 N–H and O–H groups in total. The van der Waals surface area contributed by atoms with Crippen molar-refractivity contribution < 1.29 is 35.9 Å². The van der Waals surface area contributed by atoms with Crippen molar-refractivity contribution in [1.82, 2.24) is 5.32 Å². The molecule has 0 aliphatic rings. The first kappa shape index (κ1) is 30.0. The van der Waals surface area contributed by atoms with E-state index < -0.39 is 23.5 Å². The Morgan fingerprint density at radius 2 is 1.46 bits per heavy atom. The number of amides is 1. The van der Waals surface area contributed by atoms with Gasteiger partial charge in [0.25, 0.3) is 5.91 Å². The number of anilines is 1. The lowest BCUT2D eigenvalue weighted by Gasteiger charge is -2.21. The van der Waals surface area contributed by atoms with Gasteiger partial charge in [0.1, 0.15) is 0 Å². The first-order valence-electron chi connectivity index (χ1n) is 12.5. The first-order chi connectivity index (χ1) is 18.4. The van der Waals surface area contributed by atoms with Crippen LogP contribution in [0.15, 0.2) is 72.8 Å². The number of halogens is 6. The van der Waals surface area contributed by atoms with Crippen LogP contribution >= 0.6 is 0 Å². The fraction of sp³-hybridized carbons (Fsp3) is 0.345. The van der Waals surface area contributed by atoms with Gasteiger partial charge in [0.2, 0.25) is 0 Å². The van der Waals surface area contributed by atoms with Gasteiger partial charge >= 0.3 is 12.4 Å². The molecule has 0 spiro atoms. The molecule has 0 heterocycles. The van der Waals surface area contributed by atoms with Crippen LogP contribution in [0, 0.1) is 0 Å². The van der Waals surface area contributed by atoms with Gasteiger partial charge in [-0.2, -0.15) is 26.3 Å². The molecular formula is C29H30F6N2O2. The Kier molecular flexibility index (Phi) is 10.0. The minimum Gasteiger partial charge on any atom is -0.376 e. The van der Waals surface area contributed by atoms with Gasteiger partial charge in [-0.3, -0.25) is 4.79 Å². The van der Waals surface area contributed by atoms with E-state index in [0.717, 1.165) is 30.4 Å². The molecule has 0 bridgehead atoms. The van der Waals surface area contributed by atoms with E-state index in [4.69, 9.17) is 4.74 Å². The zero-order valence-corrected chi connectivity index (χ0v) is 21.6. The lowest BCUT2D eigenvalue weighted by molar-refractivity contribution is -0.162. The van der Waals surface area contributed by atoms with Gasteiger partial charge in [-0.15, -0.1) is 0 Å². The number of carbonyl (C=O) groups is 1. The second-order valence-electron chi connectivity index (χ2n) is 8.93. The molecule has 1 amide bonds. The van der Waals surface area contributed by atoms with Crippen molar-refractivity contribution in [3.8, 4) is 0 Å². The summed E-state index contributed by atoms with van der Waals surface area (Å²) in [7, 11) is 0. The highest BCUT2D eigenvalue weighted by Crippen LogP contribution is 2.40. The van der Waals surface area contributed by atoms with Crippen molar-refractivity contribution >= 4 is 11.6 Å². The fourth-order valence-corrected chi connectivity index (χ4v) is 4.21. The van der Waals surface area contributed by atoms with Gasteiger partial charge in [-0.1, -0.05) is 36.4 Å². The van der Waals surface area contributed by atoms with Crippen molar-refractivity contribution in [1.29, 1.82) is 0 Å². The van der Waals surface area contributed by atoms with Crippen LogP contribution in [0.3, 0.4) is 0 Å². The third-order valence-electron chi connectivity index (χ3n) is 6.32. The normalized spacial score (nSPS) is 12.7. The Bertz CT molecular complexity index is 1210. The van der Waals surface area contributed by atoms with E-state index in [1.807, 2.05) is 56.3 Å². The Morgan fingerprint density at radius 3 is 2.03 bits per heavy atom. The summed E-state index contributed by atoms with van der Waals surface area (Å²) in [5, 5.41) is 2.87. The van der Waals surface area contributed by atoms with Gasteiger partial charge in [-0.25, -0.2) is 0 Å². The second-order valence-corrected chi connectivity index (χ2v) is 8.93. The highest BCUT2D eigenvalue weighted by Gasteiger charge is 2.43. The van der Waals surface area contributed by atoms with Crippen LogP contribution in [0.2, 0.25) is 0 Å². The molecule has 0 aromatic heterocycles. The summed E-state index contributed by atoms with van der Waals surface area (Å²) in [6.07, 6.45) is -10.3. The molecule has 0 saturated heterocycles. The van der Waals surface area contributed by atoms with E-state index in [1.54, 1.807) is 12.1 Å². The lowest BCUT2D eigenvalue weighted by Crippen LogP contribution is -2.30. The summed E-state index contributed by atoms with van der Waals surface area (Å²) in [6.45, 7) is 5.64.